The molecule has 2 aromatic heterocycles. The maximum absolute atomic E-state index is 12.0. The molecule has 0 amide bonds. The molecule has 6 heteroatoms. The predicted octanol–water partition coefficient (Wildman–Crippen LogP) is 1.35. The monoisotopic (exact) mass is 289 g/mol. The van der Waals surface area contributed by atoms with Crippen molar-refractivity contribution in [1.29, 1.82) is 0 Å². The Morgan fingerprint density at radius 3 is 2.81 bits per heavy atom. The molecule has 0 spiro atoms. The minimum atomic E-state index is -1.03. The second kappa shape index (κ2) is 5.65. The summed E-state index contributed by atoms with van der Waals surface area (Å²) in [5.74, 6) is -0.918. The van der Waals surface area contributed by atoms with Crippen LogP contribution in [0.1, 0.15) is 31.5 Å². The van der Waals surface area contributed by atoms with Gasteiger partial charge in [0, 0.05) is 18.8 Å². The minimum absolute atomic E-state index is 0.176. The summed E-state index contributed by atoms with van der Waals surface area (Å²) in [7, 11) is 0. The molecular weight excluding hydrogens is 270 g/mol. The van der Waals surface area contributed by atoms with Gasteiger partial charge in [-0.05, 0) is 38.0 Å². The Balaban J connectivity index is 2.31. The van der Waals surface area contributed by atoms with Crippen molar-refractivity contribution in [3.05, 3.63) is 46.0 Å². The molecule has 2 N–H and O–H groups in total. The Morgan fingerprint density at radius 1 is 1.48 bits per heavy atom. The third-order valence-corrected chi connectivity index (χ3v) is 3.71. The Kier molecular flexibility index (Phi) is 4.09. The number of aliphatic carboxylic acids is 1. The number of aryl methyl sites for hydroxylation is 1. The Labute approximate surface area is 122 Å². The summed E-state index contributed by atoms with van der Waals surface area (Å²) in [4.78, 5) is 27.7. The first kappa shape index (κ1) is 15.2. The third-order valence-electron chi connectivity index (χ3n) is 3.71. The normalized spacial score (nSPS) is 14.0. The summed E-state index contributed by atoms with van der Waals surface area (Å²) in [5.41, 5.74) is 0.903. The van der Waals surface area contributed by atoms with Gasteiger partial charge in [0.15, 0.2) is 0 Å². The van der Waals surface area contributed by atoms with Crippen LogP contribution in [0.25, 0.3) is 5.65 Å². The fraction of sp³-hybridized carbons (Fsp3) is 0.400. The van der Waals surface area contributed by atoms with Crippen LogP contribution in [0.5, 0.6) is 0 Å². The van der Waals surface area contributed by atoms with Gasteiger partial charge in [-0.2, -0.15) is 0 Å². The van der Waals surface area contributed by atoms with E-state index >= 15 is 0 Å². The Morgan fingerprint density at radius 2 is 2.19 bits per heavy atom. The fourth-order valence-electron chi connectivity index (χ4n) is 1.98. The quantitative estimate of drug-likeness (QED) is 0.868. The van der Waals surface area contributed by atoms with Gasteiger partial charge < -0.3 is 5.11 Å². The summed E-state index contributed by atoms with van der Waals surface area (Å²) < 4.78 is 1.46. The number of carbonyl (C=O) groups is 1. The lowest BCUT2D eigenvalue weighted by molar-refractivity contribution is -0.144. The highest BCUT2D eigenvalue weighted by atomic mass is 16.4. The van der Waals surface area contributed by atoms with Gasteiger partial charge in [0.05, 0.1) is 5.69 Å². The van der Waals surface area contributed by atoms with Crippen LogP contribution in [-0.2, 0) is 11.3 Å². The number of fused-ring (bicyclic) bond motifs is 1. The van der Waals surface area contributed by atoms with E-state index in [1.54, 1.807) is 20.0 Å². The van der Waals surface area contributed by atoms with E-state index < -0.39 is 11.5 Å². The summed E-state index contributed by atoms with van der Waals surface area (Å²) in [6, 6.07) is 5.08. The number of nitrogens with one attached hydrogen (secondary N) is 1. The minimum Gasteiger partial charge on any atom is -0.480 e. The maximum Gasteiger partial charge on any atom is 0.323 e. The SMILES string of the molecule is CCC(C)(NCc1cc(=O)n2ccc(C)cc2n1)C(=O)O. The molecule has 0 saturated carbocycles. The molecule has 1 atom stereocenters. The first-order valence-electron chi connectivity index (χ1n) is 6.83. The van der Waals surface area contributed by atoms with E-state index in [2.05, 4.69) is 10.3 Å². The highest BCUT2D eigenvalue weighted by molar-refractivity contribution is 5.78. The Bertz CT molecular complexity index is 739. The third kappa shape index (κ3) is 3.11. The maximum atomic E-state index is 12.0. The molecule has 0 saturated heterocycles. The molecule has 6 nitrogen and oxygen atoms in total. The standard InChI is InChI=1S/C15H19N3O3/c1-4-15(3,14(20)21)16-9-11-8-13(19)18-6-5-10(2)7-12(18)17-11/h5-8,16H,4,9H2,1-3H3,(H,20,21). The van der Waals surface area contributed by atoms with Gasteiger partial charge in [-0.3, -0.25) is 19.3 Å². The van der Waals surface area contributed by atoms with E-state index in [0.29, 0.717) is 17.8 Å². The van der Waals surface area contributed by atoms with Crippen molar-refractivity contribution in [2.75, 3.05) is 0 Å². The number of hydrogen-bond donors (Lipinski definition) is 2. The van der Waals surface area contributed by atoms with E-state index in [-0.39, 0.29) is 12.1 Å². The molecular formula is C15H19N3O3. The average molecular weight is 289 g/mol. The average Bonchev–Trinajstić information content (AvgIpc) is 2.44. The summed E-state index contributed by atoms with van der Waals surface area (Å²) in [6.07, 6.45) is 2.12. The van der Waals surface area contributed by atoms with Crippen LogP contribution in [0.4, 0.5) is 0 Å². The van der Waals surface area contributed by atoms with E-state index in [4.69, 9.17) is 0 Å². The number of nitrogens with zero attached hydrogens (tertiary/aromatic N) is 2. The van der Waals surface area contributed by atoms with Gasteiger partial charge >= 0.3 is 5.97 Å². The zero-order valence-electron chi connectivity index (χ0n) is 12.4. The first-order chi connectivity index (χ1) is 9.85. The molecule has 2 heterocycles. The van der Waals surface area contributed by atoms with Crippen LogP contribution in [0.2, 0.25) is 0 Å². The van der Waals surface area contributed by atoms with Crippen LogP contribution in [0, 0.1) is 6.92 Å². The van der Waals surface area contributed by atoms with E-state index in [9.17, 15) is 14.7 Å². The second-order valence-electron chi connectivity index (χ2n) is 5.36. The summed E-state index contributed by atoms with van der Waals surface area (Å²) in [5, 5.41) is 12.2. The van der Waals surface area contributed by atoms with E-state index in [0.717, 1.165) is 5.56 Å². The molecule has 0 fully saturated rings. The molecule has 2 aromatic rings. The van der Waals surface area contributed by atoms with Crippen molar-refractivity contribution in [3.63, 3.8) is 0 Å². The molecule has 0 bridgehead atoms. The van der Waals surface area contributed by atoms with Crippen LogP contribution in [0.15, 0.2) is 29.2 Å². The lowest BCUT2D eigenvalue weighted by Gasteiger charge is -2.24. The predicted molar refractivity (Wildman–Crippen MR) is 79.4 cm³/mol. The molecule has 0 radical (unpaired) electrons. The van der Waals surface area contributed by atoms with Crippen LogP contribution < -0.4 is 10.9 Å². The topological polar surface area (TPSA) is 83.7 Å². The van der Waals surface area contributed by atoms with E-state index in [1.807, 2.05) is 19.1 Å². The molecule has 0 aliphatic carbocycles. The van der Waals surface area contributed by atoms with Crippen LogP contribution in [-0.4, -0.2) is 26.0 Å². The van der Waals surface area contributed by atoms with Crippen molar-refractivity contribution in [2.24, 2.45) is 0 Å². The van der Waals surface area contributed by atoms with Gasteiger partial charge in [0.1, 0.15) is 11.2 Å². The first-order valence-corrected chi connectivity index (χ1v) is 6.83. The summed E-state index contributed by atoms with van der Waals surface area (Å²) >= 11 is 0. The molecule has 0 aromatic carbocycles. The lowest BCUT2D eigenvalue weighted by atomic mass is 9.99. The van der Waals surface area contributed by atoms with Crippen LogP contribution >= 0.6 is 0 Å². The van der Waals surface area contributed by atoms with Crippen molar-refractivity contribution >= 4 is 11.6 Å². The number of rotatable bonds is 5. The number of carboxylic acids is 1. The fourth-order valence-corrected chi connectivity index (χ4v) is 1.98. The molecule has 0 aliphatic rings. The largest absolute Gasteiger partial charge is 0.480 e. The number of aromatic nitrogens is 2. The van der Waals surface area contributed by atoms with Gasteiger partial charge in [-0.15, -0.1) is 0 Å². The smallest absolute Gasteiger partial charge is 0.323 e. The molecule has 112 valence electrons. The summed E-state index contributed by atoms with van der Waals surface area (Å²) in [6.45, 7) is 5.58. The molecule has 1 unspecified atom stereocenters. The number of carboxylic acid groups (broad SMARTS) is 1. The van der Waals surface area contributed by atoms with Gasteiger partial charge in [-0.1, -0.05) is 6.92 Å². The van der Waals surface area contributed by atoms with Gasteiger partial charge in [0.2, 0.25) is 0 Å². The molecule has 0 aliphatic heterocycles. The van der Waals surface area contributed by atoms with Crippen molar-refractivity contribution in [2.45, 2.75) is 39.3 Å². The van der Waals surface area contributed by atoms with Crippen molar-refractivity contribution in [3.8, 4) is 0 Å². The van der Waals surface area contributed by atoms with E-state index in [1.165, 1.54) is 10.5 Å². The number of pyridine rings is 1. The number of hydrogen-bond acceptors (Lipinski definition) is 4. The highest BCUT2D eigenvalue weighted by Crippen LogP contribution is 2.10. The molecule has 2 rings (SSSR count). The highest BCUT2D eigenvalue weighted by Gasteiger charge is 2.30. The lowest BCUT2D eigenvalue weighted by Crippen LogP contribution is -2.48. The van der Waals surface area contributed by atoms with Crippen molar-refractivity contribution < 1.29 is 9.90 Å². The zero-order chi connectivity index (χ0) is 15.6. The van der Waals surface area contributed by atoms with Crippen LogP contribution in [0.3, 0.4) is 0 Å². The van der Waals surface area contributed by atoms with Crippen molar-refractivity contribution in [1.82, 2.24) is 14.7 Å². The van der Waals surface area contributed by atoms with Gasteiger partial charge in [0.25, 0.3) is 5.56 Å². The van der Waals surface area contributed by atoms with Gasteiger partial charge in [-0.25, -0.2) is 4.98 Å². The zero-order valence-corrected chi connectivity index (χ0v) is 12.4. The second-order valence-corrected chi connectivity index (χ2v) is 5.36. The Hall–Kier alpha value is -2.21. The molecule has 21 heavy (non-hydrogen) atoms.